The van der Waals surface area contributed by atoms with Crippen molar-refractivity contribution < 1.29 is 29.0 Å². The number of carbonyl (C=O) groups is 4. The van der Waals surface area contributed by atoms with Crippen LogP contribution in [0.15, 0.2) is 0 Å². The zero-order valence-electron chi connectivity index (χ0n) is 12.5. The molecule has 1 unspecified atom stereocenters. The summed E-state index contributed by atoms with van der Waals surface area (Å²) in [5.41, 5.74) is 0. The average molecular weight is 303 g/mol. The van der Waals surface area contributed by atoms with E-state index in [0.29, 0.717) is 0 Å². The van der Waals surface area contributed by atoms with Crippen LogP contribution < -0.4 is 10.6 Å². The molecule has 0 aromatic heterocycles. The van der Waals surface area contributed by atoms with Crippen molar-refractivity contribution in [2.45, 2.75) is 19.4 Å². The van der Waals surface area contributed by atoms with Gasteiger partial charge in [-0.25, -0.2) is 9.59 Å². The number of ether oxygens (including phenoxy) is 1. The van der Waals surface area contributed by atoms with E-state index in [-0.39, 0.29) is 12.5 Å². The first kappa shape index (κ1) is 18.7. The minimum atomic E-state index is -1.39. The van der Waals surface area contributed by atoms with Crippen LogP contribution in [0.4, 0.5) is 4.79 Å². The number of carboxylic acids is 1. The van der Waals surface area contributed by atoms with Gasteiger partial charge in [-0.3, -0.25) is 9.59 Å². The number of hydrogen-bond donors (Lipinski definition) is 3. The summed E-state index contributed by atoms with van der Waals surface area (Å²) in [6, 6.07) is -2.08. The molecule has 0 fully saturated rings. The van der Waals surface area contributed by atoms with E-state index in [1.54, 1.807) is 6.92 Å². The van der Waals surface area contributed by atoms with Gasteiger partial charge in [0, 0.05) is 20.6 Å². The second kappa shape index (κ2) is 8.77. The Kier molecular flexibility index (Phi) is 7.80. The first-order valence-electron chi connectivity index (χ1n) is 6.25. The summed E-state index contributed by atoms with van der Waals surface area (Å²) in [5, 5.41) is 13.6. The van der Waals surface area contributed by atoms with E-state index in [2.05, 4.69) is 15.4 Å². The fraction of sp³-hybridized carbons (Fsp3) is 0.667. The number of rotatable bonds is 7. The van der Waals surface area contributed by atoms with E-state index >= 15 is 0 Å². The Morgan fingerprint density at radius 3 is 2.29 bits per heavy atom. The van der Waals surface area contributed by atoms with Crippen molar-refractivity contribution in [2.75, 3.05) is 27.7 Å². The number of hydrogen-bond acceptors (Lipinski definition) is 5. The van der Waals surface area contributed by atoms with Crippen LogP contribution in [0.2, 0.25) is 0 Å². The van der Waals surface area contributed by atoms with Crippen LogP contribution in [0, 0.1) is 5.92 Å². The van der Waals surface area contributed by atoms with Crippen molar-refractivity contribution in [2.24, 2.45) is 5.92 Å². The molecule has 0 bridgehead atoms. The lowest BCUT2D eigenvalue weighted by Crippen LogP contribution is -2.49. The topological polar surface area (TPSA) is 125 Å². The maximum absolute atomic E-state index is 11.8. The minimum absolute atomic E-state index is 0.107. The van der Waals surface area contributed by atoms with E-state index in [9.17, 15) is 19.2 Å². The second-order valence-electron chi connectivity index (χ2n) is 4.52. The molecule has 0 aromatic carbocycles. The van der Waals surface area contributed by atoms with Crippen molar-refractivity contribution in [1.29, 1.82) is 0 Å². The van der Waals surface area contributed by atoms with Gasteiger partial charge < -0.3 is 25.4 Å². The maximum atomic E-state index is 11.8. The summed E-state index contributed by atoms with van der Waals surface area (Å²) >= 11 is 0. The largest absolute Gasteiger partial charge is 0.480 e. The first-order valence-corrected chi connectivity index (χ1v) is 6.25. The molecule has 9 heteroatoms. The number of amides is 3. The van der Waals surface area contributed by atoms with Gasteiger partial charge in [0.15, 0.2) is 0 Å². The molecule has 9 nitrogen and oxygen atoms in total. The lowest BCUT2D eigenvalue weighted by molar-refractivity contribution is -0.147. The van der Waals surface area contributed by atoms with E-state index in [4.69, 9.17) is 5.11 Å². The molecule has 3 amide bonds. The lowest BCUT2D eigenvalue weighted by atomic mass is 10.1. The van der Waals surface area contributed by atoms with Crippen LogP contribution in [-0.2, 0) is 19.1 Å². The van der Waals surface area contributed by atoms with Gasteiger partial charge in [-0.1, -0.05) is 6.92 Å². The number of urea groups is 1. The molecule has 0 aliphatic rings. The molecule has 0 saturated carbocycles. The van der Waals surface area contributed by atoms with Gasteiger partial charge in [-0.2, -0.15) is 0 Å². The van der Waals surface area contributed by atoms with Gasteiger partial charge in [0.2, 0.25) is 5.91 Å². The van der Waals surface area contributed by atoms with Gasteiger partial charge >= 0.3 is 18.0 Å². The first-order chi connectivity index (χ1) is 9.72. The Morgan fingerprint density at radius 2 is 1.86 bits per heavy atom. The summed E-state index contributed by atoms with van der Waals surface area (Å²) in [5.74, 6) is -2.78. The van der Waals surface area contributed by atoms with E-state index < -0.39 is 36.4 Å². The number of carboxylic acid groups (broad SMARTS) is 1. The molecule has 120 valence electrons. The van der Waals surface area contributed by atoms with Crippen molar-refractivity contribution in [3.63, 3.8) is 0 Å². The summed E-state index contributed by atoms with van der Waals surface area (Å²) in [7, 11) is 4.03. The van der Waals surface area contributed by atoms with E-state index in [1.807, 2.05) is 0 Å². The van der Waals surface area contributed by atoms with Crippen molar-refractivity contribution in [3.8, 4) is 0 Å². The smallest absolute Gasteiger partial charge is 0.326 e. The molecule has 0 rings (SSSR count). The number of nitrogens with one attached hydrogen (secondary N) is 2. The predicted molar refractivity (Wildman–Crippen MR) is 72.4 cm³/mol. The monoisotopic (exact) mass is 303 g/mol. The zero-order valence-corrected chi connectivity index (χ0v) is 12.5. The van der Waals surface area contributed by atoms with Crippen molar-refractivity contribution >= 4 is 23.9 Å². The van der Waals surface area contributed by atoms with Gasteiger partial charge in [-0.05, 0) is 0 Å². The lowest BCUT2D eigenvalue weighted by Gasteiger charge is -2.23. The van der Waals surface area contributed by atoms with Crippen LogP contribution >= 0.6 is 0 Å². The second-order valence-corrected chi connectivity index (χ2v) is 4.52. The van der Waals surface area contributed by atoms with Crippen LogP contribution in [-0.4, -0.2) is 67.7 Å². The number of nitrogens with zero attached hydrogens (tertiary/aromatic N) is 1. The van der Waals surface area contributed by atoms with Crippen LogP contribution in [0.3, 0.4) is 0 Å². The molecule has 0 aromatic rings. The number of aliphatic carboxylic acids is 1. The highest BCUT2D eigenvalue weighted by molar-refractivity contribution is 5.86. The number of esters is 1. The van der Waals surface area contributed by atoms with Gasteiger partial charge in [0.05, 0.1) is 19.4 Å². The molecule has 0 heterocycles. The standard InChI is InChI=1S/C12H21N3O6/c1-7(10(17)13-2)6-15(3)12(20)14-8(11(18)19)5-9(16)21-4/h7-8H,5-6H2,1-4H3,(H,13,17)(H,14,20)(H,18,19)/t7?,8-/m0/s1. The predicted octanol–water partition coefficient (Wildman–Crippen LogP) is -0.974. The normalized spacial score (nSPS) is 12.8. The van der Waals surface area contributed by atoms with Gasteiger partial charge in [-0.15, -0.1) is 0 Å². The number of carbonyl (C=O) groups excluding carboxylic acids is 3. The Labute approximate surface area is 122 Å². The SMILES string of the molecule is CNC(=O)C(C)CN(C)C(=O)N[C@@H](CC(=O)OC)C(=O)O. The summed E-state index contributed by atoms with van der Waals surface area (Å²) in [6.07, 6.45) is -0.476. The highest BCUT2D eigenvalue weighted by atomic mass is 16.5. The Bertz CT molecular complexity index is 412. The highest BCUT2D eigenvalue weighted by Crippen LogP contribution is 2.01. The number of methoxy groups -OCH3 is 1. The summed E-state index contributed by atoms with van der Waals surface area (Å²) in [6.45, 7) is 1.74. The molecule has 3 N–H and O–H groups in total. The summed E-state index contributed by atoms with van der Waals surface area (Å²) < 4.78 is 4.36. The average Bonchev–Trinajstić information content (AvgIpc) is 2.44. The minimum Gasteiger partial charge on any atom is -0.480 e. The molecule has 0 saturated heterocycles. The molecule has 0 aliphatic carbocycles. The molecular weight excluding hydrogens is 282 g/mol. The third kappa shape index (κ3) is 6.59. The molecule has 0 radical (unpaired) electrons. The third-order valence-corrected chi connectivity index (χ3v) is 2.78. The van der Waals surface area contributed by atoms with Crippen LogP contribution in [0.5, 0.6) is 0 Å². The third-order valence-electron chi connectivity index (χ3n) is 2.78. The summed E-state index contributed by atoms with van der Waals surface area (Å²) in [4.78, 5) is 46.4. The molecule has 0 spiro atoms. The van der Waals surface area contributed by atoms with Gasteiger partial charge in [0.1, 0.15) is 6.04 Å². The Hall–Kier alpha value is -2.32. The molecule has 2 atom stereocenters. The zero-order chi connectivity index (χ0) is 16.6. The maximum Gasteiger partial charge on any atom is 0.326 e. The fourth-order valence-electron chi connectivity index (χ4n) is 1.53. The van der Waals surface area contributed by atoms with Crippen molar-refractivity contribution in [3.05, 3.63) is 0 Å². The van der Waals surface area contributed by atoms with Crippen molar-refractivity contribution in [1.82, 2.24) is 15.5 Å². The van der Waals surface area contributed by atoms with E-state index in [1.165, 1.54) is 19.0 Å². The quantitative estimate of drug-likeness (QED) is 0.519. The van der Waals surface area contributed by atoms with E-state index in [0.717, 1.165) is 7.11 Å². The van der Waals surface area contributed by atoms with Crippen LogP contribution in [0.1, 0.15) is 13.3 Å². The molecular formula is C12H21N3O6. The molecule has 21 heavy (non-hydrogen) atoms. The Morgan fingerprint density at radius 1 is 1.29 bits per heavy atom. The highest BCUT2D eigenvalue weighted by Gasteiger charge is 2.26. The van der Waals surface area contributed by atoms with Crippen LogP contribution in [0.25, 0.3) is 0 Å². The van der Waals surface area contributed by atoms with Gasteiger partial charge in [0.25, 0.3) is 0 Å². The molecule has 0 aliphatic heterocycles. The fourth-order valence-corrected chi connectivity index (χ4v) is 1.53. The Balaban J connectivity index is 4.57.